The first kappa shape index (κ1) is 19.8. The molecule has 0 saturated heterocycles. The SMILES string of the molecule is COc1ccc(CCC(=O)NCCCn2cc(Cl)ccc2=O)cc1OC. The smallest absolute Gasteiger partial charge is 0.250 e. The van der Waals surface area contributed by atoms with Gasteiger partial charge in [-0.1, -0.05) is 17.7 Å². The van der Waals surface area contributed by atoms with Crippen LogP contribution in [0.2, 0.25) is 5.02 Å². The van der Waals surface area contributed by atoms with Crippen molar-refractivity contribution in [3.05, 3.63) is 57.5 Å². The van der Waals surface area contributed by atoms with Gasteiger partial charge in [-0.15, -0.1) is 0 Å². The molecule has 0 unspecified atom stereocenters. The van der Waals surface area contributed by atoms with Crippen LogP contribution in [-0.4, -0.2) is 31.2 Å². The van der Waals surface area contributed by atoms with Gasteiger partial charge in [-0.25, -0.2) is 0 Å². The summed E-state index contributed by atoms with van der Waals surface area (Å²) in [6.07, 6.45) is 3.25. The predicted octanol–water partition coefficient (Wildman–Crippen LogP) is 2.66. The van der Waals surface area contributed by atoms with E-state index in [9.17, 15) is 9.59 Å². The Hall–Kier alpha value is -2.47. The summed E-state index contributed by atoms with van der Waals surface area (Å²) in [7, 11) is 3.17. The Balaban J connectivity index is 1.74. The van der Waals surface area contributed by atoms with Crippen molar-refractivity contribution < 1.29 is 14.3 Å². The van der Waals surface area contributed by atoms with E-state index in [0.717, 1.165) is 5.56 Å². The first-order valence-corrected chi connectivity index (χ1v) is 8.75. The zero-order valence-electron chi connectivity index (χ0n) is 15.0. The third-order valence-electron chi connectivity index (χ3n) is 3.93. The maximum absolute atomic E-state index is 12.0. The molecule has 0 saturated carbocycles. The molecule has 0 fully saturated rings. The number of aryl methyl sites for hydroxylation is 2. The highest BCUT2D eigenvalue weighted by Gasteiger charge is 2.07. The van der Waals surface area contributed by atoms with Crippen LogP contribution in [0.4, 0.5) is 0 Å². The fourth-order valence-electron chi connectivity index (χ4n) is 2.54. The Morgan fingerprint density at radius 2 is 1.92 bits per heavy atom. The normalized spacial score (nSPS) is 10.4. The number of carbonyl (C=O) groups is 1. The molecule has 0 aliphatic carbocycles. The lowest BCUT2D eigenvalue weighted by Gasteiger charge is -2.10. The van der Waals surface area contributed by atoms with Crippen LogP contribution in [-0.2, 0) is 17.8 Å². The standard InChI is InChI=1S/C19H23ClN2O4/c1-25-16-7-4-14(12-17(16)26-2)5-8-18(23)21-10-3-11-22-13-15(20)6-9-19(22)24/h4,6-7,9,12-13H,3,5,8,10-11H2,1-2H3,(H,21,23). The van der Waals surface area contributed by atoms with E-state index in [2.05, 4.69) is 5.32 Å². The number of carbonyl (C=O) groups excluding carboxylic acids is 1. The van der Waals surface area contributed by atoms with Crippen LogP contribution in [0.15, 0.2) is 41.3 Å². The number of aromatic nitrogens is 1. The van der Waals surface area contributed by atoms with Crippen molar-refractivity contribution in [2.45, 2.75) is 25.8 Å². The highest BCUT2D eigenvalue weighted by molar-refractivity contribution is 6.30. The molecule has 7 heteroatoms. The van der Waals surface area contributed by atoms with Gasteiger partial charge in [-0.2, -0.15) is 0 Å². The third-order valence-corrected chi connectivity index (χ3v) is 4.16. The monoisotopic (exact) mass is 378 g/mol. The van der Waals surface area contributed by atoms with Crippen LogP contribution < -0.4 is 20.3 Å². The zero-order valence-corrected chi connectivity index (χ0v) is 15.7. The molecular weight excluding hydrogens is 356 g/mol. The van der Waals surface area contributed by atoms with E-state index in [1.807, 2.05) is 18.2 Å². The van der Waals surface area contributed by atoms with Gasteiger partial charge in [0.05, 0.1) is 19.2 Å². The van der Waals surface area contributed by atoms with Crippen LogP contribution in [0, 0.1) is 0 Å². The van der Waals surface area contributed by atoms with E-state index in [4.69, 9.17) is 21.1 Å². The summed E-state index contributed by atoms with van der Waals surface area (Å²) in [5, 5.41) is 3.38. The molecule has 1 aromatic carbocycles. The average Bonchev–Trinajstić information content (AvgIpc) is 2.65. The molecular formula is C19H23ClN2O4. The highest BCUT2D eigenvalue weighted by atomic mass is 35.5. The summed E-state index contributed by atoms with van der Waals surface area (Å²) in [6.45, 7) is 1.01. The van der Waals surface area contributed by atoms with E-state index < -0.39 is 0 Å². The number of nitrogens with one attached hydrogen (secondary N) is 1. The van der Waals surface area contributed by atoms with Crippen molar-refractivity contribution in [2.24, 2.45) is 0 Å². The lowest BCUT2D eigenvalue weighted by molar-refractivity contribution is -0.121. The number of pyridine rings is 1. The number of rotatable bonds is 9. The average molecular weight is 379 g/mol. The Kier molecular flexibility index (Phi) is 7.53. The second-order valence-electron chi connectivity index (χ2n) is 5.77. The molecule has 1 amide bonds. The molecule has 0 aliphatic rings. The minimum atomic E-state index is -0.103. The van der Waals surface area contributed by atoms with Gasteiger partial charge in [0.2, 0.25) is 5.91 Å². The summed E-state index contributed by atoms with van der Waals surface area (Å²) >= 11 is 5.87. The minimum Gasteiger partial charge on any atom is -0.493 e. The number of hydrogen-bond donors (Lipinski definition) is 1. The lowest BCUT2D eigenvalue weighted by Crippen LogP contribution is -2.27. The molecule has 6 nitrogen and oxygen atoms in total. The highest BCUT2D eigenvalue weighted by Crippen LogP contribution is 2.27. The van der Waals surface area contributed by atoms with Crippen molar-refractivity contribution in [1.29, 1.82) is 0 Å². The summed E-state index contributed by atoms with van der Waals surface area (Å²) in [6, 6.07) is 8.62. The molecule has 26 heavy (non-hydrogen) atoms. The van der Waals surface area contributed by atoms with E-state index in [-0.39, 0.29) is 11.5 Å². The number of hydrogen-bond acceptors (Lipinski definition) is 4. The Bertz CT molecular complexity index is 804. The lowest BCUT2D eigenvalue weighted by atomic mass is 10.1. The Labute approximate surface area is 157 Å². The quantitative estimate of drug-likeness (QED) is 0.681. The van der Waals surface area contributed by atoms with Crippen molar-refractivity contribution in [3.8, 4) is 11.5 Å². The number of benzene rings is 1. The summed E-state index contributed by atoms with van der Waals surface area (Å²) in [4.78, 5) is 23.6. The van der Waals surface area contributed by atoms with Gasteiger partial charge in [0.25, 0.3) is 5.56 Å². The van der Waals surface area contributed by atoms with Crippen LogP contribution in [0.1, 0.15) is 18.4 Å². The first-order valence-electron chi connectivity index (χ1n) is 8.37. The molecule has 140 valence electrons. The summed E-state index contributed by atoms with van der Waals surface area (Å²) in [5.74, 6) is 1.28. The van der Waals surface area contributed by atoms with E-state index >= 15 is 0 Å². The number of halogens is 1. The zero-order chi connectivity index (χ0) is 18.9. The number of amides is 1. The third kappa shape index (κ3) is 5.81. The van der Waals surface area contributed by atoms with Crippen LogP contribution in [0.5, 0.6) is 11.5 Å². The molecule has 2 rings (SSSR count). The van der Waals surface area contributed by atoms with Crippen LogP contribution in [0.25, 0.3) is 0 Å². The van der Waals surface area contributed by atoms with Gasteiger partial charge in [-0.3, -0.25) is 9.59 Å². The molecule has 0 spiro atoms. The van der Waals surface area contributed by atoms with E-state index in [1.165, 1.54) is 10.6 Å². The Morgan fingerprint density at radius 3 is 2.65 bits per heavy atom. The number of nitrogens with zero attached hydrogens (tertiary/aromatic N) is 1. The van der Waals surface area contributed by atoms with Gasteiger partial charge >= 0.3 is 0 Å². The second kappa shape index (κ2) is 9.87. The minimum absolute atomic E-state index is 0.0294. The summed E-state index contributed by atoms with van der Waals surface area (Å²) < 4.78 is 12.0. The molecule has 1 N–H and O–H groups in total. The molecule has 2 aromatic rings. The maximum Gasteiger partial charge on any atom is 0.250 e. The van der Waals surface area contributed by atoms with Crippen molar-refractivity contribution in [2.75, 3.05) is 20.8 Å². The summed E-state index contributed by atoms with van der Waals surface area (Å²) in [5.41, 5.74) is 0.900. The number of ether oxygens (including phenoxy) is 2. The second-order valence-corrected chi connectivity index (χ2v) is 6.21. The van der Waals surface area contributed by atoms with Gasteiger partial charge < -0.3 is 19.4 Å². The molecule has 1 aromatic heterocycles. The van der Waals surface area contributed by atoms with Gasteiger partial charge in [0.1, 0.15) is 0 Å². The molecule has 0 radical (unpaired) electrons. The van der Waals surface area contributed by atoms with Crippen molar-refractivity contribution >= 4 is 17.5 Å². The fraction of sp³-hybridized carbons (Fsp3) is 0.368. The van der Waals surface area contributed by atoms with Crippen LogP contribution in [0.3, 0.4) is 0 Å². The molecule has 1 heterocycles. The largest absolute Gasteiger partial charge is 0.493 e. The number of methoxy groups -OCH3 is 2. The molecule has 0 aliphatic heterocycles. The molecule has 0 bridgehead atoms. The van der Waals surface area contributed by atoms with Crippen molar-refractivity contribution in [3.63, 3.8) is 0 Å². The van der Waals surface area contributed by atoms with Gasteiger partial charge in [0.15, 0.2) is 11.5 Å². The maximum atomic E-state index is 12.0. The molecule has 0 atom stereocenters. The van der Waals surface area contributed by atoms with Gasteiger partial charge in [0, 0.05) is 31.8 Å². The van der Waals surface area contributed by atoms with E-state index in [0.29, 0.717) is 48.9 Å². The predicted molar refractivity (Wildman–Crippen MR) is 101 cm³/mol. The first-order chi connectivity index (χ1) is 12.5. The van der Waals surface area contributed by atoms with Crippen molar-refractivity contribution in [1.82, 2.24) is 9.88 Å². The van der Waals surface area contributed by atoms with Crippen LogP contribution >= 0.6 is 11.6 Å². The van der Waals surface area contributed by atoms with Gasteiger partial charge in [-0.05, 0) is 36.6 Å². The fourth-order valence-corrected chi connectivity index (χ4v) is 2.72. The Morgan fingerprint density at radius 1 is 1.15 bits per heavy atom. The topological polar surface area (TPSA) is 69.6 Å². The van der Waals surface area contributed by atoms with E-state index in [1.54, 1.807) is 26.5 Å².